The summed E-state index contributed by atoms with van der Waals surface area (Å²) >= 11 is 3.70. The fourth-order valence-electron chi connectivity index (χ4n) is 5.24. The van der Waals surface area contributed by atoms with Crippen LogP contribution in [0.15, 0.2) is 34.8 Å². The summed E-state index contributed by atoms with van der Waals surface area (Å²) in [6, 6.07) is 9.62. The summed E-state index contributed by atoms with van der Waals surface area (Å²) in [5.74, 6) is 0.0126. The van der Waals surface area contributed by atoms with E-state index in [2.05, 4.69) is 50.4 Å². The molecular formula is C24H27BrN4O3S. The molecule has 2 aromatic carbocycles. The molecule has 5 rings (SSSR count). The maximum atomic E-state index is 13.6. The minimum atomic E-state index is -3.22. The number of piperidine rings is 1. The number of benzene rings is 2. The van der Waals surface area contributed by atoms with Crippen LogP contribution in [0.3, 0.4) is 0 Å². The van der Waals surface area contributed by atoms with Crippen LogP contribution < -0.4 is 15.4 Å². The Morgan fingerprint density at radius 3 is 2.55 bits per heavy atom. The SMILES string of the molecule is CC1(C)c2cc(N3CCC(NS(C)(=O)=O)CC3)c(Br)cc2C(=O)c2c1[nH]c1cc(N)ccc21. The first kappa shape index (κ1) is 22.4. The molecule has 0 amide bonds. The Morgan fingerprint density at radius 2 is 1.88 bits per heavy atom. The van der Waals surface area contributed by atoms with E-state index in [0.717, 1.165) is 63.8 Å². The number of hydrogen-bond donors (Lipinski definition) is 3. The summed E-state index contributed by atoms with van der Waals surface area (Å²) in [6.07, 6.45) is 2.66. The van der Waals surface area contributed by atoms with Crippen molar-refractivity contribution in [2.45, 2.75) is 38.1 Å². The van der Waals surface area contributed by atoms with Gasteiger partial charge in [-0.25, -0.2) is 13.1 Å². The molecule has 0 bridgehead atoms. The highest BCUT2D eigenvalue weighted by atomic mass is 79.9. The number of carbonyl (C=O) groups is 1. The second kappa shape index (κ2) is 7.58. The highest BCUT2D eigenvalue weighted by molar-refractivity contribution is 9.10. The van der Waals surface area contributed by atoms with Gasteiger partial charge in [-0.1, -0.05) is 19.9 Å². The molecule has 1 aliphatic carbocycles. The molecule has 7 nitrogen and oxygen atoms in total. The van der Waals surface area contributed by atoms with Crippen LogP contribution in [-0.4, -0.2) is 44.6 Å². The van der Waals surface area contributed by atoms with E-state index in [1.165, 1.54) is 6.26 Å². The highest BCUT2D eigenvalue weighted by Crippen LogP contribution is 2.46. The molecule has 1 aliphatic heterocycles. The van der Waals surface area contributed by atoms with Crippen LogP contribution in [0.4, 0.5) is 11.4 Å². The second-order valence-corrected chi connectivity index (χ2v) is 12.3. The fourth-order valence-corrected chi connectivity index (χ4v) is 6.67. The second-order valence-electron chi connectivity index (χ2n) is 9.63. The standard InChI is InChI=1S/C24H27BrN4O3S/c1-24(2)17-12-20(29-8-6-14(7-9-29)28-33(3,31)32)18(25)11-16(17)22(30)21-15-5-4-13(26)10-19(15)27-23(21)24/h4-5,10-12,14,27-28H,6-9,26H2,1-3H3. The number of halogens is 1. The molecule has 0 spiro atoms. The average Bonchev–Trinajstić information content (AvgIpc) is 3.11. The lowest BCUT2D eigenvalue weighted by Crippen LogP contribution is -2.44. The summed E-state index contributed by atoms with van der Waals surface area (Å²) in [5.41, 5.74) is 11.4. The number of aromatic nitrogens is 1. The van der Waals surface area contributed by atoms with Gasteiger partial charge in [0.2, 0.25) is 10.0 Å². The van der Waals surface area contributed by atoms with E-state index >= 15 is 0 Å². The number of ketones is 1. The topological polar surface area (TPSA) is 108 Å². The molecule has 3 aromatic rings. The van der Waals surface area contributed by atoms with Crippen LogP contribution in [0.2, 0.25) is 0 Å². The lowest BCUT2D eigenvalue weighted by atomic mass is 9.71. The molecule has 1 saturated heterocycles. The summed E-state index contributed by atoms with van der Waals surface area (Å²) < 4.78 is 26.7. The van der Waals surface area contributed by atoms with Crippen LogP contribution in [-0.2, 0) is 15.4 Å². The third-order valence-corrected chi connectivity index (χ3v) is 8.29. The monoisotopic (exact) mass is 530 g/mol. The van der Waals surface area contributed by atoms with Crippen LogP contribution >= 0.6 is 15.9 Å². The first-order chi connectivity index (χ1) is 15.5. The summed E-state index contributed by atoms with van der Waals surface area (Å²) in [7, 11) is -3.22. The van der Waals surface area contributed by atoms with Gasteiger partial charge in [-0.05, 0) is 58.6 Å². The van der Waals surface area contributed by atoms with Crippen molar-refractivity contribution < 1.29 is 13.2 Å². The Kier molecular flexibility index (Phi) is 5.15. The number of nitrogens with two attached hydrogens (primary N) is 1. The van der Waals surface area contributed by atoms with E-state index in [0.29, 0.717) is 11.3 Å². The van der Waals surface area contributed by atoms with Gasteiger partial charge in [0, 0.05) is 56.9 Å². The fraction of sp³-hybridized carbons (Fsp3) is 0.375. The number of H-pyrrole nitrogens is 1. The Labute approximate surface area is 201 Å². The van der Waals surface area contributed by atoms with Crippen molar-refractivity contribution in [3.05, 3.63) is 57.2 Å². The molecule has 33 heavy (non-hydrogen) atoms. The predicted molar refractivity (Wildman–Crippen MR) is 136 cm³/mol. The number of carbonyl (C=O) groups excluding carboxylic acids is 1. The molecule has 9 heteroatoms. The summed E-state index contributed by atoms with van der Waals surface area (Å²) in [5, 5.41) is 0.892. The van der Waals surface area contributed by atoms with Crippen molar-refractivity contribution >= 4 is 54.0 Å². The molecule has 1 fully saturated rings. The van der Waals surface area contributed by atoms with Crippen molar-refractivity contribution in [2.75, 3.05) is 30.0 Å². The van der Waals surface area contributed by atoms with Crippen molar-refractivity contribution in [2.24, 2.45) is 0 Å². The molecular weight excluding hydrogens is 504 g/mol. The zero-order valence-corrected chi connectivity index (χ0v) is 21.2. The van der Waals surface area contributed by atoms with Gasteiger partial charge < -0.3 is 15.6 Å². The molecule has 0 unspecified atom stereocenters. The maximum Gasteiger partial charge on any atom is 0.208 e. The van der Waals surface area contributed by atoms with Gasteiger partial charge in [0.15, 0.2) is 5.78 Å². The smallest absolute Gasteiger partial charge is 0.208 e. The van der Waals surface area contributed by atoms with Gasteiger partial charge in [-0.3, -0.25) is 4.79 Å². The number of sulfonamides is 1. The number of nitrogens with one attached hydrogen (secondary N) is 2. The number of fused-ring (bicyclic) bond motifs is 4. The van der Waals surface area contributed by atoms with Gasteiger partial charge >= 0.3 is 0 Å². The van der Waals surface area contributed by atoms with E-state index in [1.807, 2.05) is 24.3 Å². The van der Waals surface area contributed by atoms with E-state index in [-0.39, 0.29) is 11.8 Å². The van der Waals surface area contributed by atoms with Crippen molar-refractivity contribution in [3.63, 3.8) is 0 Å². The minimum Gasteiger partial charge on any atom is -0.399 e. The van der Waals surface area contributed by atoms with Crippen LogP contribution in [0.5, 0.6) is 0 Å². The van der Waals surface area contributed by atoms with Crippen molar-refractivity contribution in [3.8, 4) is 0 Å². The van der Waals surface area contributed by atoms with E-state index < -0.39 is 15.4 Å². The first-order valence-electron chi connectivity index (χ1n) is 11.0. The van der Waals surface area contributed by atoms with Crippen molar-refractivity contribution in [1.82, 2.24) is 9.71 Å². The molecule has 0 radical (unpaired) electrons. The zero-order chi connectivity index (χ0) is 23.7. The Morgan fingerprint density at radius 1 is 1.18 bits per heavy atom. The quantitative estimate of drug-likeness (QED) is 0.445. The number of anilines is 2. The lowest BCUT2D eigenvalue weighted by molar-refractivity contribution is 0.103. The first-order valence-corrected chi connectivity index (χ1v) is 13.7. The summed E-state index contributed by atoms with van der Waals surface area (Å²) in [4.78, 5) is 19.3. The maximum absolute atomic E-state index is 13.6. The minimum absolute atomic E-state index is 0.0126. The molecule has 1 aromatic heterocycles. The third kappa shape index (κ3) is 3.76. The van der Waals surface area contributed by atoms with Crippen LogP contribution in [0, 0.1) is 0 Å². The van der Waals surface area contributed by atoms with Gasteiger partial charge in [-0.2, -0.15) is 0 Å². The van der Waals surface area contributed by atoms with Gasteiger partial charge in [0.1, 0.15) is 0 Å². The number of nitrogens with zero attached hydrogens (tertiary/aromatic N) is 1. The summed E-state index contributed by atoms with van der Waals surface area (Å²) in [6.45, 7) is 5.73. The predicted octanol–water partition coefficient (Wildman–Crippen LogP) is 3.90. The largest absolute Gasteiger partial charge is 0.399 e. The number of hydrogen-bond acceptors (Lipinski definition) is 5. The Bertz CT molecular complexity index is 1400. The van der Waals surface area contributed by atoms with E-state index in [9.17, 15) is 13.2 Å². The Balaban J connectivity index is 1.54. The van der Waals surface area contributed by atoms with Gasteiger partial charge in [-0.15, -0.1) is 0 Å². The molecule has 2 aliphatic rings. The van der Waals surface area contributed by atoms with Crippen LogP contribution in [0.1, 0.15) is 53.9 Å². The Hall–Kier alpha value is -2.36. The normalized spacial score (nSPS) is 18.4. The van der Waals surface area contributed by atoms with E-state index in [4.69, 9.17) is 5.73 Å². The van der Waals surface area contributed by atoms with Crippen molar-refractivity contribution in [1.29, 1.82) is 0 Å². The average molecular weight is 531 g/mol. The van der Waals surface area contributed by atoms with Crippen LogP contribution in [0.25, 0.3) is 10.9 Å². The highest BCUT2D eigenvalue weighted by Gasteiger charge is 2.40. The number of nitrogen functional groups attached to an aromatic ring is 1. The molecule has 2 heterocycles. The molecule has 0 atom stereocenters. The number of rotatable bonds is 3. The molecule has 4 N–H and O–H groups in total. The number of aromatic amines is 1. The third-order valence-electron chi connectivity index (χ3n) is 6.90. The van der Waals surface area contributed by atoms with E-state index in [1.54, 1.807) is 0 Å². The van der Waals surface area contributed by atoms with Gasteiger partial charge in [0.25, 0.3) is 0 Å². The molecule has 174 valence electrons. The van der Waals surface area contributed by atoms with Gasteiger partial charge in [0.05, 0.1) is 17.5 Å². The molecule has 0 saturated carbocycles. The zero-order valence-electron chi connectivity index (χ0n) is 18.8. The lowest BCUT2D eigenvalue weighted by Gasteiger charge is -2.37.